The Morgan fingerprint density at radius 3 is 1.40 bits per heavy atom. The van der Waals surface area contributed by atoms with Crippen molar-refractivity contribution in [1.29, 1.82) is 0 Å². The Morgan fingerprint density at radius 1 is 0.655 bits per heavy atom. The van der Waals surface area contributed by atoms with Crippen LogP contribution in [0, 0.1) is 11.6 Å². The van der Waals surface area contributed by atoms with E-state index in [0.29, 0.717) is 83.5 Å². The Morgan fingerprint density at radius 2 is 1.05 bits per heavy atom. The second-order valence-corrected chi connectivity index (χ2v) is 21.5. The number of aromatic nitrogens is 8. The molecule has 2 saturated heterocycles. The molecule has 2 aliphatic rings. The normalized spacial score (nSPS) is 15.1. The molecule has 2 atom stereocenters. The largest absolute Gasteiger partial charge is 0.476 e. The maximum absolute atomic E-state index is 16.4. The van der Waals surface area contributed by atoms with Crippen LogP contribution in [0.5, 0.6) is 0 Å². The van der Waals surface area contributed by atoms with Crippen molar-refractivity contribution in [2.45, 2.75) is 132 Å². The maximum Gasteiger partial charge on any atom is 0.476 e. The second kappa shape index (κ2) is 29.3. The number of nitrogens with zero attached hydrogens (tertiary/aromatic N) is 6. The molecular formula is C60H75F2N12O9P. The molecule has 6 heterocycles. The number of aromatic amines is 2. The smallest absolute Gasteiger partial charge is 0.382 e. The van der Waals surface area contributed by atoms with Gasteiger partial charge in [0.1, 0.15) is 22.8 Å². The topological polar surface area (TPSA) is 275 Å². The molecule has 0 aliphatic carbocycles. The summed E-state index contributed by atoms with van der Waals surface area (Å²) in [5, 5.41) is 20.6. The number of hydrogen-bond donors (Lipinski definition) is 7. The first kappa shape index (κ1) is 63.9. The minimum absolute atomic E-state index is 0.00824. The fourth-order valence-corrected chi connectivity index (χ4v) is 10.5. The summed E-state index contributed by atoms with van der Waals surface area (Å²) < 4.78 is 75.4. The molecule has 4 aromatic heterocycles. The molecule has 4 aromatic carbocycles. The third-order valence-electron chi connectivity index (χ3n) is 13.0. The second-order valence-electron chi connectivity index (χ2n) is 20.0. The van der Waals surface area contributed by atoms with Crippen molar-refractivity contribution < 1.29 is 51.1 Å². The highest BCUT2D eigenvalue weighted by molar-refractivity contribution is 7.48. The molecule has 4 amide bonds. The van der Waals surface area contributed by atoms with Crippen LogP contribution < -0.4 is 21.3 Å². The molecule has 448 valence electrons. The van der Waals surface area contributed by atoms with E-state index in [0.717, 1.165) is 24.0 Å². The van der Waals surface area contributed by atoms with Gasteiger partial charge in [-0.2, -0.15) is 0 Å². The number of fused-ring (bicyclic) bond motifs is 2. The number of halogens is 2. The molecule has 8 aromatic rings. The number of urea groups is 2. The summed E-state index contributed by atoms with van der Waals surface area (Å²) in [6.07, 6.45) is 7.89. The van der Waals surface area contributed by atoms with Crippen molar-refractivity contribution in [3.63, 3.8) is 0 Å². The summed E-state index contributed by atoms with van der Waals surface area (Å²) in [5.41, 5.74) is 2.88. The summed E-state index contributed by atoms with van der Waals surface area (Å²) in [5.74, 6) is -0.169. The van der Waals surface area contributed by atoms with E-state index in [2.05, 4.69) is 61.1 Å². The Balaban J connectivity index is 0.000000248. The van der Waals surface area contributed by atoms with Gasteiger partial charge in [-0.05, 0) is 90.5 Å². The molecule has 2 fully saturated rings. The summed E-state index contributed by atoms with van der Waals surface area (Å²) in [7, 11) is -4.17. The number of aliphatic hydroxyl groups is 1. The average molecular weight is 1180 g/mol. The molecule has 24 heteroatoms. The number of imidazole rings is 2. The predicted octanol–water partition coefficient (Wildman–Crippen LogP) is 13.4. The van der Waals surface area contributed by atoms with Gasteiger partial charge < -0.3 is 35.2 Å². The fourth-order valence-electron chi connectivity index (χ4n) is 9.09. The SMILES string of the molecule is CC.CC.CCNC(=O)Nc1nc2c([C@H]3CCCO3)c(F)c(-c3cnc(C(C)(C)O)nc3)cc2[nH]1.CCNC(=O)Nc1nc2c([C@H]3CCCO3)c(F)c(-c3cnc(C(C)(C)OP(=O)(OCc4ccccc4)OCc4ccccc4)nc3)cc2[nH]1. The van der Waals surface area contributed by atoms with Crippen molar-refractivity contribution >= 4 is 53.8 Å². The molecule has 10 rings (SSSR count). The molecule has 0 radical (unpaired) electrons. The van der Waals surface area contributed by atoms with Gasteiger partial charge in [0.2, 0.25) is 11.9 Å². The first-order valence-electron chi connectivity index (χ1n) is 28.2. The van der Waals surface area contributed by atoms with Gasteiger partial charge in [-0.25, -0.2) is 52.8 Å². The number of carbonyl (C=O) groups excluding carboxylic acids is 2. The van der Waals surface area contributed by atoms with Gasteiger partial charge in [0, 0.05) is 84.5 Å². The standard InChI is InChI=1S/C35H38FN6O6P.C21H25FN6O3.2C2H6/c1-4-37-34(43)42-33-40-27-18-26(30(36)29(31(27)41-33)28-16-11-17-45-28)25-19-38-32(39-20-25)35(2,3)48-49(44,46-21-23-12-7-5-8-13-23)47-22-24-14-9-6-10-15-24;1-4-23-20(29)28-19-26-13-8-12(11-9-24-18(25-10-11)21(2,3)30)16(22)15(17(13)27-19)14-6-5-7-31-14;2*1-2/h5-10,12-15,18-20,28H,4,11,16-17,21-22H2,1-3H3,(H3,37,40,41,42,43);8-10,14,30H,4-7H2,1-3H3,(H3,23,26,27,28,29);2*1-2H3/t28-;14-;;/m11../s1. The average Bonchev–Trinajstić information content (AvgIpc) is 3.55. The van der Waals surface area contributed by atoms with E-state index >= 15 is 8.78 Å². The number of carbonyl (C=O) groups is 2. The summed E-state index contributed by atoms with van der Waals surface area (Å²) in [6, 6.07) is 20.9. The molecule has 0 unspecified atom stereocenters. The Hall–Kier alpha value is -7.63. The number of nitrogens with one attached hydrogen (secondary N) is 6. The molecule has 0 saturated carbocycles. The van der Waals surface area contributed by atoms with Crippen molar-refractivity contribution in [3.05, 3.63) is 143 Å². The minimum Gasteiger partial charge on any atom is -0.382 e. The zero-order valence-electron chi connectivity index (χ0n) is 49.1. The van der Waals surface area contributed by atoms with Crippen LogP contribution in [-0.4, -0.2) is 83.3 Å². The Kier molecular flexibility index (Phi) is 22.3. The number of anilines is 2. The van der Waals surface area contributed by atoms with Crippen LogP contribution in [0.15, 0.2) is 97.6 Å². The highest BCUT2D eigenvalue weighted by Gasteiger charge is 2.39. The Bertz CT molecular complexity index is 3440. The monoisotopic (exact) mass is 1180 g/mol. The highest BCUT2D eigenvalue weighted by Crippen LogP contribution is 2.56. The first-order valence-corrected chi connectivity index (χ1v) is 29.7. The van der Waals surface area contributed by atoms with Crippen molar-refractivity contribution in [2.24, 2.45) is 0 Å². The maximum atomic E-state index is 16.4. The fraction of sp³-hybridized carbons (Fsp3) is 0.400. The van der Waals surface area contributed by atoms with E-state index in [4.69, 9.17) is 23.0 Å². The highest BCUT2D eigenvalue weighted by atomic mass is 31.2. The lowest BCUT2D eigenvalue weighted by Gasteiger charge is -2.28. The lowest BCUT2D eigenvalue weighted by molar-refractivity contribution is 0.0188. The summed E-state index contributed by atoms with van der Waals surface area (Å²) >= 11 is 0. The van der Waals surface area contributed by atoms with Crippen LogP contribution >= 0.6 is 7.82 Å². The molecule has 84 heavy (non-hydrogen) atoms. The Labute approximate surface area is 487 Å². The minimum atomic E-state index is -4.17. The summed E-state index contributed by atoms with van der Waals surface area (Å²) in [6.45, 7) is 20.0. The van der Waals surface area contributed by atoms with Gasteiger partial charge in [-0.1, -0.05) is 88.4 Å². The quantitative estimate of drug-likeness (QED) is 0.0394. The van der Waals surface area contributed by atoms with Crippen molar-refractivity contribution in [2.75, 3.05) is 36.9 Å². The van der Waals surface area contributed by atoms with Gasteiger partial charge in [0.05, 0.1) is 47.5 Å². The van der Waals surface area contributed by atoms with Gasteiger partial charge in [-0.15, -0.1) is 0 Å². The van der Waals surface area contributed by atoms with Crippen LogP contribution in [0.4, 0.5) is 30.3 Å². The first-order chi connectivity index (χ1) is 40.4. The number of ether oxygens (including phenoxy) is 2. The lowest BCUT2D eigenvalue weighted by atomic mass is 9.98. The number of phosphoric ester groups is 1. The van der Waals surface area contributed by atoms with Crippen LogP contribution in [0.25, 0.3) is 44.3 Å². The zero-order valence-corrected chi connectivity index (χ0v) is 50.0. The number of benzene rings is 4. The van der Waals surface area contributed by atoms with E-state index < -0.39 is 54.9 Å². The lowest BCUT2D eigenvalue weighted by Crippen LogP contribution is -2.28. The van der Waals surface area contributed by atoms with Crippen molar-refractivity contribution in [3.8, 4) is 22.3 Å². The zero-order chi connectivity index (χ0) is 60.6. The molecule has 21 nitrogen and oxygen atoms in total. The number of phosphoric acid groups is 1. The van der Waals surface area contributed by atoms with Crippen molar-refractivity contribution in [1.82, 2.24) is 50.5 Å². The molecule has 0 spiro atoms. The van der Waals surface area contributed by atoms with Crippen LogP contribution in [-0.2, 0) is 52.0 Å². The summed E-state index contributed by atoms with van der Waals surface area (Å²) in [4.78, 5) is 56.4. The van der Waals surface area contributed by atoms with Crippen LogP contribution in [0.2, 0.25) is 0 Å². The van der Waals surface area contributed by atoms with E-state index in [1.54, 1.807) is 53.7 Å². The van der Waals surface area contributed by atoms with E-state index in [9.17, 15) is 19.3 Å². The van der Waals surface area contributed by atoms with Gasteiger partial charge in [0.15, 0.2) is 11.6 Å². The van der Waals surface area contributed by atoms with Gasteiger partial charge in [0.25, 0.3) is 0 Å². The van der Waals surface area contributed by atoms with E-state index in [1.165, 1.54) is 24.8 Å². The number of H-pyrrole nitrogens is 2. The number of amides is 4. The van der Waals surface area contributed by atoms with Crippen LogP contribution in [0.1, 0.15) is 141 Å². The predicted molar refractivity (Wildman–Crippen MR) is 318 cm³/mol. The number of hydrogen-bond acceptors (Lipinski definition) is 15. The van der Waals surface area contributed by atoms with E-state index in [-0.39, 0.29) is 47.9 Å². The third-order valence-corrected chi connectivity index (χ3v) is 14.5. The van der Waals surface area contributed by atoms with E-state index in [1.807, 2.05) is 88.4 Å². The van der Waals surface area contributed by atoms with Gasteiger partial charge in [-0.3, -0.25) is 24.2 Å². The molecule has 2 aliphatic heterocycles. The van der Waals surface area contributed by atoms with Gasteiger partial charge >= 0.3 is 19.9 Å². The molecule has 0 bridgehead atoms. The number of rotatable bonds is 18. The molecular weight excluding hydrogens is 1100 g/mol. The third kappa shape index (κ3) is 16.0. The van der Waals surface area contributed by atoms with Crippen LogP contribution in [0.3, 0.4) is 0 Å². The molecule has 7 N–H and O–H groups in total.